The normalized spacial score (nSPS) is 11.5. The molecule has 0 saturated heterocycles. The number of aromatic amines is 1. The molecule has 8 nitrogen and oxygen atoms in total. The molecule has 30 heavy (non-hydrogen) atoms. The average Bonchev–Trinajstić information content (AvgIpc) is 3.28. The molecular formula is C22H25N5O3. The third kappa shape index (κ3) is 3.35. The van der Waals surface area contributed by atoms with Gasteiger partial charge >= 0.3 is 5.69 Å². The highest BCUT2D eigenvalue weighted by Gasteiger charge is 2.20. The van der Waals surface area contributed by atoms with Gasteiger partial charge < -0.3 is 20.1 Å². The second-order valence-electron chi connectivity index (χ2n) is 7.56. The SMILES string of the molecule is CC(C)c1cc(-c2n[nH]c(=O)n2-c2ccc3c(ccn3C)c2)c(O)cc1OCCN. The molecule has 156 valence electrons. The van der Waals surface area contributed by atoms with Crippen LogP contribution in [0.3, 0.4) is 0 Å². The summed E-state index contributed by atoms with van der Waals surface area (Å²) in [4.78, 5) is 12.6. The van der Waals surface area contributed by atoms with Gasteiger partial charge in [-0.15, -0.1) is 0 Å². The van der Waals surface area contributed by atoms with Crippen molar-refractivity contribution in [3.63, 3.8) is 0 Å². The monoisotopic (exact) mass is 407 g/mol. The first kappa shape index (κ1) is 19.8. The van der Waals surface area contributed by atoms with E-state index in [2.05, 4.69) is 10.2 Å². The first-order chi connectivity index (χ1) is 14.4. The van der Waals surface area contributed by atoms with Crippen molar-refractivity contribution in [1.82, 2.24) is 19.3 Å². The molecule has 0 unspecified atom stereocenters. The van der Waals surface area contributed by atoms with E-state index in [1.807, 2.05) is 62.0 Å². The minimum Gasteiger partial charge on any atom is -0.507 e. The number of phenols is 1. The molecule has 8 heteroatoms. The van der Waals surface area contributed by atoms with Crippen molar-refractivity contribution in [3.8, 4) is 28.6 Å². The number of hydrogen-bond acceptors (Lipinski definition) is 5. The number of aromatic hydroxyl groups is 1. The van der Waals surface area contributed by atoms with Crippen molar-refractivity contribution in [3.05, 3.63) is 58.6 Å². The van der Waals surface area contributed by atoms with E-state index < -0.39 is 0 Å². The van der Waals surface area contributed by atoms with Crippen LogP contribution < -0.4 is 16.2 Å². The zero-order chi connectivity index (χ0) is 21.4. The van der Waals surface area contributed by atoms with Crippen LogP contribution in [-0.4, -0.2) is 37.6 Å². The molecule has 0 fully saturated rings. The molecule has 4 aromatic rings. The van der Waals surface area contributed by atoms with Gasteiger partial charge in [-0.3, -0.25) is 0 Å². The minimum absolute atomic E-state index is 0.0209. The molecule has 0 amide bonds. The highest BCUT2D eigenvalue weighted by molar-refractivity contribution is 5.82. The molecule has 0 atom stereocenters. The van der Waals surface area contributed by atoms with Crippen molar-refractivity contribution < 1.29 is 9.84 Å². The Morgan fingerprint density at radius 1 is 1.23 bits per heavy atom. The summed E-state index contributed by atoms with van der Waals surface area (Å²) in [5.74, 6) is 1.02. The number of ether oxygens (including phenoxy) is 1. The molecule has 2 heterocycles. The molecule has 0 spiro atoms. The summed E-state index contributed by atoms with van der Waals surface area (Å²) in [5.41, 5.74) is 8.24. The Labute approximate surface area is 173 Å². The van der Waals surface area contributed by atoms with E-state index in [9.17, 15) is 9.90 Å². The van der Waals surface area contributed by atoms with E-state index in [-0.39, 0.29) is 17.4 Å². The van der Waals surface area contributed by atoms with E-state index in [1.54, 1.807) is 6.07 Å². The molecule has 0 aliphatic carbocycles. The molecule has 0 saturated carbocycles. The number of nitrogens with zero attached hydrogens (tertiary/aromatic N) is 3. The maximum absolute atomic E-state index is 12.6. The zero-order valence-electron chi connectivity index (χ0n) is 17.2. The van der Waals surface area contributed by atoms with E-state index in [0.717, 1.165) is 16.5 Å². The second-order valence-corrected chi connectivity index (χ2v) is 7.56. The summed E-state index contributed by atoms with van der Waals surface area (Å²) in [6, 6.07) is 11.1. The summed E-state index contributed by atoms with van der Waals surface area (Å²) in [6.07, 6.45) is 1.97. The van der Waals surface area contributed by atoms with Crippen LogP contribution in [-0.2, 0) is 7.05 Å². The fraction of sp³-hybridized carbons (Fsp3) is 0.273. The standard InChI is InChI=1S/C22H25N5O3/c1-13(2)16-11-17(19(28)12-20(16)30-9-7-23)21-24-25-22(29)27(21)15-4-5-18-14(10-15)6-8-26(18)3/h4-6,8,10-13,28H,7,9,23H2,1-3H3,(H,25,29). The summed E-state index contributed by atoms with van der Waals surface area (Å²) in [6.45, 7) is 4.79. The molecule has 4 N–H and O–H groups in total. The van der Waals surface area contributed by atoms with Crippen LogP contribution >= 0.6 is 0 Å². The number of nitrogens with one attached hydrogen (secondary N) is 1. The van der Waals surface area contributed by atoms with Crippen molar-refractivity contribution in [1.29, 1.82) is 0 Å². The summed E-state index contributed by atoms with van der Waals surface area (Å²) in [7, 11) is 1.97. The number of rotatable bonds is 6. The largest absolute Gasteiger partial charge is 0.507 e. The summed E-state index contributed by atoms with van der Waals surface area (Å²) in [5, 5.41) is 18.4. The number of H-pyrrole nitrogens is 1. The lowest BCUT2D eigenvalue weighted by atomic mass is 9.98. The van der Waals surface area contributed by atoms with E-state index in [4.69, 9.17) is 10.5 Å². The predicted molar refractivity (Wildman–Crippen MR) is 116 cm³/mol. The number of benzene rings is 2. The van der Waals surface area contributed by atoms with Gasteiger partial charge in [0, 0.05) is 36.8 Å². The van der Waals surface area contributed by atoms with E-state index in [0.29, 0.717) is 36.0 Å². The number of hydrogen-bond donors (Lipinski definition) is 3. The Kier molecular flexibility index (Phi) is 5.09. The van der Waals surface area contributed by atoms with Crippen molar-refractivity contribution in [2.45, 2.75) is 19.8 Å². The third-order valence-electron chi connectivity index (χ3n) is 5.17. The highest BCUT2D eigenvalue weighted by Crippen LogP contribution is 2.38. The average molecular weight is 407 g/mol. The molecule has 2 aromatic carbocycles. The Morgan fingerprint density at radius 2 is 2.03 bits per heavy atom. The second kappa shape index (κ2) is 7.72. The number of phenolic OH excluding ortho intramolecular Hbond substituents is 1. The van der Waals surface area contributed by atoms with Gasteiger partial charge in [0.1, 0.15) is 18.1 Å². The van der Waals surface area contributed by atoms with Gasteiger partial charge in [0.15, 0.2) is 5.82 Å². The van der Waals surface area contributed by atoms with Crippen LogP contribution in [0.4, 0.5) is 0 Å². The van der Waals surface area contributed by atoms with Crippen LogP contribution in [0.15, 0.2) is 47.4 Å². The number of fused-ring (bicyclic) bond motifs is 1. The summed E-state index contributed by atoms with van der Waals surface area (Å²) < 4.78 is 9.18. The Bertz CT molecular complexity index is 1270. The van der Waals surface area contributed by atoms with Crippen molar-refractivity contribution in [2.75, 3.05) is 13.2 Å². The molecule has 0 aliphatic rings. The van der Waals surface area contributed by atoms with Gasteiger partial charge in [0.2, 0.25) is 0 Å². The molecule has 0 bridgehead atoms. The lowest BCUT2D eigenvalue weighted by molar-refractivity contribution is 0.321. The first-order valence-corrected chi connectivity index (χ1v) is 9.83. The van der Waals surface area contributed by atoms with Gasteiger partial charge in [-0.25, -0.2) is 14.5 Å². The van der Waals surface area contributed by atoms with Crippen molar-refractivity contribution >= 4 is 10.9 Å². The molecular weight excluding hydrogens is 382 g/mol. The topological polar surface area (TPSA) is 111 Å². The Balaban J connectivity index is 1.87. The van der Waals surface area contributed by atoms with Gasteiger partial charge in [-0.2, -0.15) is 5.10 Å². The van der Waals surface area contributed by atoms with Crippen LogP contribution in [0.2, 0.25) is 0 Å². The molecule has 0 aliphatic heterocycles. The molecule has 4 rings (SSSR count). The minimum atomic E-state index is -0.380. The van der Waals surface area contributed by atoms with E-state index in [1.165, 1.54) is 4.57 Å². The van der Waals surface area contributed by atoms with Crippen LogP contribution in [0.1, 0.15) is 25.3 Å². The van der Waals surface area contributed by atoms with Crippen LogP contribution in [0, 0.1) is 0 Å². The zero-order valence-corrected chi connectivity index (χ0v) is 17.2. The Morgan fingerprint density at radius 3 is 2.77 bits per heavy atom. The van der Waals surface area contributed by atoms with Crippen LogP contribution in [0.5, 0.6) is 11.5 Å². The Hall–Kier alpha value is -3.52. The van der Waals surface area contributed by atoms with Crippen LogP contribution in [0.25, 0.3) is 28.0 Å². The fourth-order valence-electron chi connectivity index (χ4n) is 3.64. The van der Waals surface area contributed by atoms with Gasteiger partial charge in [0.05, 0.1) is 11.3 Å². The maximum atomic E-state index is 12.6. The van der Waals surface area contributed by atoms with Gasteiger partial charge in [-0.05, 0) is 41.8 Å². The molecule has 2 aromatic heterocycles. The maximum Gasteiger partial charge on any atom is 0.348 e. The quantitative estimate of drug-likeness (QED) is 0.455. The number of aryl methyl sites for hydroxylation is 1. The fourth-order valence-corrected chi connectivity index (χ4v) is 3.64. The van der Waals surface area contributed by atoms with Gasteiger partial charge in [-0.1, -0.05) is 13.8 Å². The number of aromatic nitrogens is 4. The predicted octanol–water partition coefficient (Wildman–Crippen LogP) is 2.89. The number of nitrogens with two attached hydrogens (primary N) is 1. The highest BCUT2D eigenvalue weighted by atomic mass is 16.5. The first-order valence-electron chi connectivity index (χ1n) is 9.83. The third-order valence-corrected chi connectivity index (χ3v) is 5.17. The lowest BCUT2D eigenvalue weighted by Crippen LogP contribution is -2.16. The summed E-state index contributed by atoms with van der Waals surface area (Å²) >= 11 is 0. The van der Waals surface area contributed by atoms with Crippen molar-refractivity contribution in [2.24, 2.45) is 12.8 Å². The van der Waals surface area contributed by atoms with E-state index >= 15 is 0 Å². The lowest BCUT2D eigenvalue weighted by Gasteiger charge is -2.17. The molecule has 0 radical (unpaired) electrons. The van der Waals surface area contributed by atoms with Gasteiger partial charge in [0.25, 0.3) is 0 Å². The smallest absolute Gasteiger partial charge is 0.348 e.